The Morgan fingerprint density at radius 2 is 1.60 bits per heavy atom. The molecule has 5 aromatic carbocycles. The van der Waals surface area contributed by atoms with Gasteiger partial charge in [0.05, 0.1) is 40.5 Å². The minimum absolute atomic E-state index is 0. The Kier molecular flexibility index (Phi) is 12.3. The van der Waals surface area contributed by atoms with Crippen LogP contribution in [0, 0.1) is 11.3 Å². The summed E-state index contributed by atoms with van der Waals surface area (Å²) >= 11 is 12.1. The van der Waals surface area contributed by atoms with E-state index in [2.05, 4.69) is 22.0 Å². The average Bonchev–Trinajstić information content (AvgIpc) is 3.20. The van der Waals surface area contributed by atoms with Crippen LogP contribution >= 0.6 is 35.6 Å². The second kappa shape index (κ2) is 17.3. The molecule has 7 rings (SSSR count). The molecule has 2 aliphatic heterocycles. The number of esters is 1. The summed E-state index contributed by atoms with van der Waals surface area (Å²) in [5.41, 5.74) is 7.22. The highest BCUT2D eigenvalue weighted by molar-refractivity contribution is 6.42. The summed E-state index contributed by atoms with van der Waals surface area (Å²) < 4.78 is 17.1. The first-order valence-electron chi connectivity index (χ1n) is 17.2. The zero-order valence-electron chi connectivity index (χ0n) is 29.4. The number of nitrogens with zero attached hydrogens (tertiary/aromatic N) is 1. The lowest BCUT2D eigenvalue weighted by Gasteiger charge is -2.31. The van der Waals surface area contributed by atoms with Gasteiger partial charge in [-0.05, 0) is 88.3 Å². The van der Waals surface area contributed by atoms with Gasteiger partial charge in [0.15, 0.2) is 0 Å². The van der Waals surface area contributed by atoms with Crippen molar-refractivity contribution in [2.24, 2.45) is 0 Å². The second-order valence-corrected chi connectivity index (χ2v) is 13.8. The normalized spacial score (nSPS) is 16.1. The van der Waals surface area contributed by atoms with E-state index < -0.39 is 24.2 Å². The molecular formula is C42H35Cl3N4O6. The highest BCUT2D eigenvalue weighted by Crippen LogP contribution is 2.38. The van der Waals surface area contributed by atoms with E-state index in [9.17, 15) is 14.4 Å². The van der Waals surface area contributed by atoms with Crippen LogP contribution in [-0.2, 0) is 45.1 Å². The molecule has 0 spiro atoms. The van der Waals surface area contributed by atoms with Crippen molar-refractivity contribution in [2.75, 3.05) is 12.4 Å². The van der Waals surface area contributed by atoms with Gasteiger partial charge in [-0.25, -0.2) is 4.79 Å². The number of hydrogen-bond acceptors (Lipinski definition) is 8. The molecule has 2 heterocycles. The molecule has 5 aromatic rings. The summed E-state index contributed by atoms with van der Waals surface area (Å²) in [6.07, 6.45) is -0.288. The highest BCUT2D eigenvalue weighted by Gasteiger charge is 2.33. The number of carbonyl (C=O) groups is 3. The predicted molar refractivity (Wildman–Crippen MR) is 212 cm³/mol. The Bertz CT molecular complexity index is 2260. The summed E-state index contributed by atoms with van der Waals surface area (Å²) in [5, 5.41) is 19.1. The number of rotatable bonds is 10. The summed E-state index contributed by atoms with van der Waals surface area (Å²) in [7, 11) is 1.29. The van der Waals surface area contributed by atoms with E-state index in [0.717, 1.165) is 33.4 Å². The lowest BCUT2D eigenvalue weighted by Crippen LogP contribution is -2.53. The minimum Gasteiger partial charge on any atom is -0.489 e. The number of halogens is 3. The number of benzene rings is 5. The van der Waals surface area contributed by atoms with Gasteiger partial charge in [0.2, 0.25) is 12.0 Å². The molecular weight excluding hydrogens is 763 g/mol. The lowest BCUT2D eigenvalue weighted by molar-refractivity contribution is -0.145. The van der Waals surface area contributed by atoms with Crippen molar-refractivity contribution in [3.05, 3.63) is 147 Å². The number of nitriles is 1. The summed E-state index contributed by atoms with van der Waals surface area (Å²) in [5.74, 6) is -0.0646. The maximum Gasteiger partial charge on any atom is 0.328 e. The standard InChI is InChI=1S/C42H34Cl2N4O6.ClH/c1-52-42(51)37(17-24-2-7-27(8-3-24)28-9-4-25(21-45)5-10-28)48-40(49)36-19-30-18-35-38(20-31(30)22-46-36)54-39(41(50)47-35)29-11-13-32(14-12-29)53-23-26-6-15-33(43)34(44)16-26;/h2-16,18,20,36-37,39,46H,17,19,22-23H2,1H3,(H,47,50)(H,48,49);1H. The Hall–Kier alpha value is -5.57. The van der Waals surface area contributed by atoms with E-state index in [0.29, 0.717) is 57.9 Å². The largest absolute Gasteiger partial charge is 0.489 e. The Balaban J connectivity index is 0.00000514. The van der Waals surface area contributed by atoms with Crippen molar-refractivity contribution in [2.45, 2.75) is 44.2 Å². The Morgan fingerprint density at radius 3 is 2.27 bits per heavy atom. The topological polar surface area (TPSA) is 139 Å². The molecule has 2 amide bonds. The van der Waals surface area contributed by atoms with Gasteiger partial charge in [-0.1, -0.05) is 77.8 Å². The van der Waals surface area contributed by atoms with Gasteiger partial charge >= 0.3 is 5.97 Å². The first-order chi connectivity index (χ1) is 26.2. The average molecular weight is 798 g/mol. The van der Waals surface area contributed by atoms with Crippen LogP contribution in [0.1, 0.15) is 39.5 Å². The van der Waals surface area contributed by atoms with E-state index in [4.69, 9.17) is 42.7 Å². The Labute approximate surface area is 334 Å². The smallest absolute Gasteiger partial charge is 0.328 e. The SMILES string of the molecule is COC(=O)C(Cc1ccc(-c2ccc(C#N)cc2)cc1)NC(=O)C1Cc2cc3c(cc2CN1)OC(c1ccc(OCc2ccc(Cl)c(Cl)c2)cc1)C(=O)N3.Cl. The first kappa shape index (κ1) is 39.1. The molecule has 0 saturated heterocycles. The molecule has 0 aromatic heterocycles. The van der Waals surface area contributed by atoms with Crippen LogP contribution < -0.4 is 25.4 Å². The third-order valence-corrected chi connectivity index (χ3v) is 10.2. The molecule has 10 nitrogen and oxygen atoms in total. The van der Waals surface area contributed by atoms with Gasteiger partial charge in [0.1, 0.15) is 24.1 Å². The van der Waals surface area contributed by atoms with Crippen molar-refractivity contribution in [3.63, 3.8) is 0 Å². The highest BCUT2D eigenvalue weighted by atomic mass is 35.5. The molecule has 280 valence electrons. The number of amides is 2. The van der Waals surface area contributed by atoms with Crippen molar-refractivity contribution >= 4 is 59.1 Å². The number of fused-ring (bicyclic) bond motifs is 2. The number of hydrogen-bond donors (Lipinski definition) is 3. The number of anilines is 1. The molecule has 0 saturated carbocycles. The number of methoxy groups -OCH3 is 1. The van der Waals surface area contributed by atoms with Crippen molar-refractivity contribution < 1.29 is 28.6 Å². The van der Waals surface area contributed by atoms with Gasteiger partial charge in [0.25, 0.3) is 5.91 Å². The quantitative estimate of drug-likeness (QED) is 0.124. The van der Waals surface area contributed by atoms with Gasteiger partial charge in [0, 0.05) is 18.5 Å². The van der Waals surface area contributed by atoms with Crippen LogP contribution in [0.2, 0.25) is 10.0 Å². The summed E-state index contributed by atoms with van der Waals surface area (Å²) in [6.45, 7) is 0.683. The van der Waals surface area contributed by atoms with E-state index in [1.807, 2.05) is 54.6 Å². The van der Waals surface area contributed by atoms with Crippen molar-refractivity contribution in [3.8, 4) is 28.7 Å². The van der Waals surface area contributed by atoms with Crippen molar-refractivity contribution in [1.29, 1.82) is 5.26 Å². The van der Waals surface area contributed by atoms with E-state index in [-0.39, 0.29) is 30.6 Å². The van der Waals surface area contributed by atoms with E-state index in [1.165, 1.54) is 7.11 Å². The fraction of sp³-hybridized carbons (Fsp3) is 0.190. The molecule has 3 N–H and O–H groups in total. The third-order valence-electron chi connectivity index (χ3n) is 9.44. The molecule has 3 unspecified atom stereocenters. The lowest BCUT2D eigenvalue weighted by atomic mass is 9.93. The monoisotopic (exact) mass is 796 g/mol. The molecule has 0 bridgehead atoms. The molecule has 0 radical (unpaired) electrons. The minimum atomic E-state index is -0.900. The van der Waals surface area contributed by atoms with Gasteiger partial charge in [-0.15, -0.1) is 12.4 Å². The zero-order chi connectivity index (χ0) is 37.8. The van der Waals surface area contributed by atoms with Crippen LogP contribution in [0.15, 0.2) is 103 Å². The van der Waals surface area contributed by atoms with Gasteiger partial charge in [-0.3, -0.25) is 9.59 Å². The van der Waals surface area contributed by atoms with Crippen LogP contribution in [0.25, 0.3) is 11.1 Å². The summed E-state index contributed by atoms with van der Waals surface area (Å²) in [4.78, 5) is 39.5. The third kappa shape index (κ3) is 9.05. The van der Waals surface area contributed by atoms with Crippen LogP contribution in [0.3, 0.4) is 0 Å². The van der Waals surface area contributed by atoms with E-state index in [1.54, 1.807) is 48.5 Å². The maximum absolute atomic E-state index is 13.5. The fourth-order valence-electron chi connectivity index (χ4n) is 6.47. The van der Waals surface area contributed by atoms with Crippen molar-refractivity contribution in [1.82, 2.24) is 10.6 Å². The van der Waals surface area contributed by atoms with Gasteiger partial charge < -0.3 is 30.2 Å². The van der Waals surface area contributed by atoms with E-state index >= 15 is 0 Å². The Morgan fingerprint density at radius 1 is 0.909 bits per heavy atom. The summed E-state index contributed by atoms with van der Waals surface area (Å²) in [6, 6.07) is 31.7. The van der Waals surface area contributed by atoms with Gasteiger partial charge in [-0.2, -0.15) is 5.26 Å². The molecule has 13 heteroatoms. The maximum atomic E-state index is 13.5. The molecule has 3 atom stereocenters. The predicted octanol–water partition coefficient (Wildman–Crippen LogP) is 7.52. The van der Waals surface area contributed by atoms with Crippen LogP contribution in [-0.4, -0.2) is 37.0 Å². The second-order valence-electron chi connectivity index (χ2n) is 13.0. The number of nitrogens with one attached hydrogen (secondary N) is 3. The molecule has 0 aliphatic carbocycles. The van der Waals surface area contributed by atoms with Crippen LogP contribution in [0.4, 0.5) is 5.69 Å². The number of carbonyl (C=O) groups excluding carboxylic acids is 3. The number of ether oxygens (including phenoxy) is 3. The zero-order valence-corrected chi connectivity index (χ0v) is 31.8. The molecule has 0 fully saturated rings. The molecule has 2 aliphatic rings. The molecule has 55 heavy (non-hydrogen) atoms. The van der Waals surface area contributed by atoms with Crippen LogP contribution in [0.5, 0.6) is 11.5 Å². The first-order valence-corrected chi connectivity index (χ1v) is 17.9. The fourth-order valence-corrected chi connectivity index (χ4v) is 6.80.